The largest absolute Gasteiger partial charge is 0.378 e. The standard InChI is InChI=1S/C21H23N3O3S/c1-24(2)19-10-8-18(9-11-19)23-21(25)13-14-22-28(26,27)20-12-7-16-5-3-4-6-17(16)15-20/h3-12,15,22H,13-14H2,1-2H3,(H,23,25). The lowest BCUT2D eigenvalue weighted by Gasteiger charge is -2.13. The fourth-order valence-corrected chi connectivity index (χ4v) is 3.85. The molecule has 0 aromatic heterocycles. The molecule has 0 atom stereocenters. The summed E-state index contributed by atoms with van der Waals surface area (Å²) in [5, 5.41) is 4.59. The number of sulfonamides is 1. The zero-order chi connectivity index (χ0) is 20.1. The quantitative estimate of drug-likeness (QED) is 0.642. The molecule has 0 heterocycles. The highest BCUT2D eigenvalue weighted by molar-refractivity contribution is 7.89. The molecule has 0 unspecified atom stereocenters. The van der Waals surface area contributed by atoms with Crippen molar-refractivity contribution < 1.29 is 13.2 Å². The van der Waals surface area contributed by atoms with Crippen molar-refractivity contribution in [1.29, 1.82) is 0 Å². The summed E-state index contributed by atoms with van der Waals surface area (Å²) < 4.78 is 27.4. The summed E-state index contributed by atoms with van der Waals surface area (Å²) in [5.41, 5.74) is 1.70. The number of carbonyl (C=O) groups is 1. The van der Waals surface area contributed by atoms with Gasteiger partial charge in [-0.3, -0.25) is 4.79 Å². The maximum Gasteiger partial charge on any atom is 0.240 e. The van der Waals surface area contributed by atoms with Crippen LogP contribution in [0.2, 0.25) is 0 Å². The number of fused-ring (bicyclic) bond motifs is 1. The predicted octanol–water partition coefficient (Wildman–Crippen LogP) is 3.21. The van der Waals surface area contributed by atoms with Crippen LogP contribution in [-0.4, -0.2) is 35.0 Å². The summed E-state index contributed by atoms with van der Waals surface area (Å²) in [6.45, 7) is 0.0246. The van der Waals surface area contributed by atoms with Crippen LogP contribution < -0.4 is 14.9 Å². The Morgan fingerprint density at radius 3 is 2.29 bits per heavy atom. The maximum atomic E-state index is 12.5. The van der Waals surface area contributed by atoms with E-state index in [2.05, 4.69) is 10.0 Å². The first-order valence-electron chi connectivity index (χ1n) is 8.91. The van der Waals surface area contributed by atoms with Crippen LogP contribution in [0.1, 0.15) is 6.42 Å². The van der Waals surface area contributed by atoms with Crippen LogP contribution in [0.25, 0.3) is 10.8 Å². The molecule has 7 heteroatoms. The lowest BCUT2D eigenvalue weighted by atomic mass is 10.1. The van der Waals surface area contributed by atoms with E-state index in [4.69, 9.17) is 0 Å². The number of carbonyl (C=O) groups excluding carboxylic acids is 1. The first-order valence-corrected chi connectivity index (χ1v) is 10.4. The lowest BCUT2D eigenvalue weighted by molar-refractivity contribution is -0.116. The second-order valence-electron chi connectivity index (χ2n) is 6.65. The molecular weight excluding hydrogens is 374 g/mol. The number of rotatable bonds is 7. The zero-order valence-electron chi connectivity index (χ0n) is 15.8. The highest BCUT2D eigenvalue weighted by Crippen LogP contribution is 2.19. The molecule has 3 aromatic rings. The van der Waals surface area contributed by atoms with Crippen LogP contribution >= 0.6 is 0 Å². The van der Waals surface area contributed by atoms with Gasteiger partial charge in [0.1, 0.15) is 0 Å². The molecule has 6 nitrogen and oxygen atoms in total. The summed E-state index contributed by atoms with van der Waals surface area (Å²) in [6, 6.07) is 19.9. The number of hydrogen-bond donors (Lipinski definition) is 2. The molecular formula is C21H23N3O3S. The van der Waals surface area contributed by atoms with Gasteiger partial charge in [0.25, 0.3) is 0 Å². The van der Waals surface area contributed by atoms with E-state index in [1.807, 2.05) is 67.5 Å². The highest BCUT2D eigenvalue weighted by Gasteiger charge is 2.14. The van der Waals surface area contributed by atoms with Crippen LogP contribution in [0.3, 0.4) is 0 Å². The van der Waals surface area contributed by atoms with Gasteiger partial charge < -0.3 is 10.2 Å². The molecule has 146 valence electrons. The van der Waals surface area contributed by atoms with Gasteiger partial charge in [-0.15, -0.1) is 0 Å². The van der Waals surface area contributed by atoms with Gasteiger partial charge in [-0.1, -0.05) is 30.3 Å². The normalized spacial score (nSPS) is 11.4. The molecule has 0 saturated carbocycles. The minimum atomic E-state index is -3.67. The zero-order valence-corrected chi connectivity index (χ0v) is 16.7. The molecule has 0 aliphatic heterocycles. The van der Waals surface area contributed by atoms with Gasteiger partial charge in [0.15, 0.2) is 0 Å². The van der Waals surface area contributed by atoms with Crippen LogP contribution in [0, 0.1) is 0 Å². The molecule has 3 aromatic carbocycles. The van der Waals surface area contributed by atoms with E-state index < -0.39 is 10.0 Å². The average Bonchev–Trinajstić information content (AvgIpc) is 2.68. The summed E-state index contributed by atoms with van der Waals surface area (Å²) in [6.07, 6.45) is 0.0439. The first-order chi connectivity index (χ1) is 13.3. The van der Waals surface area contributed by atoms with Crippen LogP contribution in [0.4, 0.5) is 11.4 Å². The number of anilines is 2. The van der Waals surface area contributed by atoms with E-state index in [0.29, 0.717) is 5.69 Å². The summed E-state index contributed by atoms with van der Waals surface area (Å²) >= 11 is 0. The molecule has 0 radical (unpaired) electrons. The fourth-order valence-electron chi connectivity index (χ4n) is 2.78. The fraction of sp³-hybridized carbons (Fsp3) is 0.190. The monoisotopic (exact) mass is 397 g/mol. The van der Waals surface area contributed by atoms with Crippen molar-refractivity contribution in [3.05, 3.63) is 66.7 Å². The topological polar surface area (TPSA) is 78.5 Å². The maximum absolute atomic E-state index is 12.5. The van der Waals surface area contributed by atoms with Crippen LogP contribution in [0.15, 0.2) is 71.6 Å². The molecule has 28 heavy (non-hydrogen) atoms. The molecule has 1 amide bonds. The second kappa shape index (κ2) is 8.41. The molecule has 0 saturated heterocycles. The minimum absolute atomic E-state index is 0.0246. The van der Waals surface area contributed by atoms with E-state index in [-0.39, 0.29) is 23.8 Å². The lowest BCUT2D eigenvalue weighted by Crippen LogP contribution is -2.27. The number of hydrogen-bond acceptors (Lipinski definition) is 4. The Morgan fingerprint density at radius 2 is 1.61 bits per heavy atom. The third kappa shape index (κ3) is 4.88. The van der Waals surface area contributed by atoms with Crippen molar-refractivity contribution in [2.45, 2.75) is 11.3 Å². The van der Waals surface area contributed by atoms with Crippen molar-refractivity contribution in [2.24, 2.45) is 0 Å². The van der Waals surface area contributed by atoms with Gasteiger partial charge in [-0.2, -0.15) is 0 Å². The molecule has 0 bridgehead atoms. The van der Waals surface area contributed by atoms with Gasteiger partial charge in [-0.25, -0.2) is 13.1 Å². The SMILES string of the molecule is CN(C)c1ccc(NC(=O)CCNS(=O)(=O)c2ccc3ccccc3c2)cc1. The molecule has 0 aliphatic rings. The van der Waals surface area contributed by atoms with Crippen molar-refractivity contribution in [1.82, 2.24) is 4.72 Å². The van der Waals surface area contributed by atoms with Gasteiger partial charge in [0, 0.05) is 38.4 Å². The summed E-state index contributed by atoms with van der Waals surface area (Å²) in [5.74, 6) is -0.251. The van der Waals surface area contributed by atoms with Crippen molar-refractivity contribution in [2.75, 3.05) is 30.9 Å². The first kappa shape index (κ1) is 19.9. The number of benzene rings is 3. The van der Waals surface area contributed by atoms with Crippen LogP contribution in [0.5, 0.6) is 0 Å². The van der Waals surface area contributed by atoms with Crippen molar-refractivity contribution in [3.8, 4) is 0 Å². The predicted molar refractivity (Wildman–Crippen MR) is 113 cm³/mol. The molecule has 0 fully saturated rings. The third-order valence-corrected chi connectivity index (χ3v) is 5.80. The Labute approximate surface area is 165 Å². The Balaban J connectivity index is 1.56. The number of nitrogens with zero attached hydrogens (tertiary/aromatic N) is 1. The molecule has 0 aliphatic carbocycles. The Bertz CT molecular complexity index is 1080. The van der Waals surface area contributed by atoms with E-state index in [1.54, 1.807) is 18.2 Å². The van der Waals surface area contributed by atoms with Crippen molar-refractivity contribution in [3.63, 3.8) is 0 Å². The summed E-state index contributed by atoms with van der Waals surface area (Å²) in [7, 11) is 0.209. The molecule has 0 spiro atoms. The van der Waals surface area contributed by atoms with Gasteiger partial charge in [-0.05, 0) is 47.2 Å². The third-order valence-electron chi connectivity index (χ3n) is 4.34. The molecule has 2 N–H and O–H groups in total. The average molecular weight is 398 g/mol. The smallest absolute Gasteiger partial charge is 0.240 e. The van der Waals surface area contributed by atoms with Gasteiger partial charge in [0.2, 0.25) is 15.9 Å². The van der Waals surface area contributed by atoms with E-state index in [0.717, 1.165) is 16.5 Å². The second-order valence-corrected chi connectivity index (χ2v) is 8.41. The van der Waals surface area contributed by atoms with E-state index in [9.17, 15) is 13.2 Å². The minimum Gasteiger partial charge on any atom is -0.378 e. The van der Waals surface area contributed by atoms with E-state index in [1.165, 1.54) is 0 Å². The molecule has 3 rings (SSSR count). The van der Waals surface area contributed by atoms with Crippen LogP contribution in [-0.2, 0) is 14.8 Å². The van der Waals surface area contributed by atoms with Gasteiger partial charge >= 0.3 is 0 Å². The summed E-state index contributed by atoms with van der Waals surface area (Å²) in [4.78, 5) is 14.2. The Hall–Kier alpha value is -2.90. The van der Waals surface area contributed by atoms with Crippen molar-refractivity contribution >= 4 is 38.1 Å². The van der Waals surface area contributed by atoms with Gasteiger partial charge in [0.05, 0.1) is 4.90 Å². The number of amides is 1. The highest BCUT2D eigenvalue weighted by atomic mass is 32.2. The Morgan fingerprint density at radius 1 is 0.929 bits per heavy atom. The van der Waals surface area contributed by atoms with E-state index >= 15 is 0 Å². The Kier molecular flexibility index (Phi) is 5.96. The number of nitrogens with one attached hydrogen (secondary N) is 2.